The number of anilines is 1. The molecule has 0 spiro atoms. The molecule has 0 saturated heterocycles. The van der Waals surface area contributed by atoms with Gasteiger partial charge >= 0.3 is 12.0 Å². The first-order valence-electron chi connectivity index (χ1n) is 5.82. The van der Waals surface area contributed by atoms with E-state index in [1.54, 1.807) is 24.3 Å². The molecule has 0 heterocycles. The molecule has 0 aliphatic rings. The van der Waals surface area contributed by atoms with Gasteiger partial charge in [0.2, 0.25) is 0 Å². The molecule has 0 bridgehead atoms. The molecule has 1 aromatic rings. The number of nitrogens with zero attached hydrogens (tertiary/aromatic N) is 2. The van der Waals surface area contributed by atoms with Crippen molar-refractivity contribution in [1.29, 1.82) is 5.26 Å². The van der Waals surface area contributed by atoms with E-state index in [1.165, 1.54) is 18.9 Å². The van der Waals surface area contributed by atoms with Gasteiger partial charge in [0.15, 0.2) is 6.04 Å². The van der Waals surface area contributed by atoms with E-state index in [4.69, 9.17) is 10.4 Å². The van der Waals surface area contributed by atoms with Crippen molar-refractivity contribution in [2.75, 3.05) is 11.9 Å². The first-order chi connectivity index (χ1) is 9.36. The molecule has 2 amide bonds. The molecule has 1 rings (SSSR count). The van der Waals surface area contributed by atoms with Crippen molar-refractivity contribution in [2.24, 2.45) is 0 Å². The Morgan fingerprint density at radius 1 is 1.35 bits per heavy atom. The SMILES string of the molecule is C[C@@H](O)[C@H](NC(=O)N(C)c1ccc(C#N)cc1)C(=O)O. The van der Waals surface area contributed by atoms with E-state index in [2.05, 4.69) is 5.32 Å². The summed E-state index contributed by atoms with van der Waals surface area (Å²) in [5, 5.41) is 29.1. The van der Waals surface area contributed by atoms with Crippen LogP contribution >= 0.6 is 0 Å². The Morgan fingerprint density at radius 3 is 2.30 bits per heavy atom. The molecule has 0 saturated carbocycles. The molecule has 0 fully saturated rings. The van der Waals surface area contributed by atoms with Crippen molar-refractivity contribution in [3.8, 4) is 6.07 Å². The lowest BCUT2D eigenvalue weighted by Crippen LogP contribution is -2.51. The Kier molecular flexibility index (Phi) is 5.06. The van der Waals surface area contributed by atoms with Crippen LogP contribution in [0.25, 0.3) is 0 Å². The number of carboxylic acid groups (broad SMARTS) is 1. The molecule has 2 atom stereocenters. The van der Waals surface area contributed by atoms with Crippen molar-refractivity contribution in [1.82, 2.24) is 5.32 Å². The van der Waals surface area contributed by atoms with E-state index in [0.717, 1.165) is 0 Å². The molecule has 7 heteroatoms. The maximum absolute atomic E-state index is 11.9. The number of nitriles is 1. The number of rotatable bonds is 4. The number of nitrogens with one attached hydrogen (secondary N) is 1. The first-order valence-corrected chi connectivity index (χ1v) is 5.82. The highest BCUT2D eigenvalue weighted by Gasteiger charge is 2.26. The third kappa shape index (κ3) is 3.70. The number of hydrogen-bond acceptors (Lipinski definition) is 4. The van der Waals surface area contributed by atoms with Gasteiger partial charge in [-0.05, 0) is 31.2 Å². The highest BCUT2D eigenvalue weighted by Crippen LogP contribution is 2.13. The zero-order valence-corrected chi connectivity index (χ0v) is 11.1. The fourth-order valence-corrected chi connectivity index (χ4v) is 1.50. The third-order valence-electron chi connectivity index (χ3n) is 2.72. The number of urea groups is 1. The van der Waals surface area contributed by atoms with Gasteiger partial charge in [0.25, 0.3) is 0 Å². The van der Waals surface area contributed by atoms with Crippen molar-refractivity contribution in [2.45, 2.75) is 19.1 Å². The number of aliphatic carboxylic acids is 1. The Morgan fingerprint density at radius 2 is 1.90 bits per heavy atom. The fraction of sp³-hybridized carbons (Fsp3) is 0.308. The largest absolute Gasteiger partial charge is 0.480 e. The van der Waals surface area contributed by atoms with Crippen LogP contribution in [0, 0.1) is 11.3 Å². The predicted molar refractivity (Wildman–Crippen MR) is 71.2 cm³/mol. The molecule has 106 valence electrons. The van der Waals surface area contributed by atoms with Gasteiger partial charge < -0.3 is 15.5 Å². The molecule has 0 radical (unpaired) electrons. The molecular formula is C13H15N3O4. The van der Waals surface area contributed by atoms with Crippen LogP contribution in [0.1, 0.15) is 12.5 Å². The van der Waals surface area contributed by atoms with Crippen LogP contribution in [0.15, 0.2) is 24.3 Å². The van der Waals surface area contributed by atoms with Crippen LogP contribution < -0.4 is 10.2 Å². The van der Waals surface area contributed by atoms with Gasteiger partial charge in [-0.25, -0.2) is 9.59 Å². The van der Waals surface area contributed by atoms with Crippen molar-refractivity contribution < 1.29 is 19.8 Å². The summed E-state index contributed by atoms with van der Waals surface area (Å²) in [4.78, 5) is 24.0. The monoisotopic (exact) mass is 277 g/mol. The summed E-state index contributed by atoms with van der Waals surface area (Å²) in [7, 11) is 1.46. The number of benzene rings is 1. The van der Waals surface area contributed by atoms with E-state index in [1.807, 2.05) is 6.07 Å². The summed E-state index contributed by atoms with van der Waals surface area (Å²) in [6, 6.07) is 6.12. The quantitative estimate of drug-likeness (QED) is 0.743. The lowest BCUT2D eigenvalue weighted by Gasteiger charge is -2.22. The smallest absolute Gasteiger partial charge is 0.328 e. The van der Waals surface area contributed by atoms with Crippen LogP contribution in [-0.4, -0.2) is 41.4 Å². The molecule has 0 aliphatic heterocycles. The van der Waals surface area contributed by atoms with E-state index < -0.39 is 24.1 Å². The topological polar surface area (TPSA) is 114 Å². The van der Waals surface area contributed by atoms with Gasteiger partial charge in [-0.2, -0.15) is 5.26 Å². The molecule has 0 aliphatic carbocycles. The molecule has 0 aromatic heterocycles. The number of aliphatic hydroxyl groups excluding tert-OH is 1. The third-order valence-corrected chi connectivity index (χ3v) is 2.72. The van der Waals surface area contributed by atoms with Crippen LogP contribution in [0.3, 0.4) is 0 Å². The Labute approximate surface area is 116 Å². The minimum Gasteiger partial charge on any atom is -0.480 e. The van der Waals surface area contributed by atoms with Gasteiger partial charge in [-0.15, -0.1) is 0 Å². The molecular weight excluding hydrogens is 262 g/mol. The van der Waals surface area contributed by atoms with Gasteiger partial charge in [0.05, 0.1) is 17.7 Å². The van der Waals surface area contributed by atoms with Crippen molar-refractivity contribution in [3.63, 3.8) is 0 Å². The van der Waals surface area contributed by atoms with Gasteiger partial charge in [-0.3, -0.25) is 4.90 Å². The second kappa shape index (κ2) is 6.54. The van der Waals surface area contributed by atoms with Gasteiger partial charge in [0, 0.05) is 12.7 Å². The molecule has 7 nitrogen and oxygen atoms in total. The number of hydrogen-bond donors (Lipinski definition) is 3. The highest BCUT2D eigenvalue weighted by atomic mass is 16.4. The van der Waals surface area contributed by atoms with Crippen LogP contribution in [0.4, 0.5) is 10.5 Å². The summed E-state index contributed by atoms with van der Waals surface area (Å²) in [6.45, 7) is 1.28. The zero-order chi connectivity index (χ0) is 15.3. The molecule has 3 N–H and O–H groups in total. The molecule has 0 unspecified atom stereocenters. The van der Waals surface area contributed by atoms with Crippen LogP contribution in [-0.2, 0) is 4.79 Å². The second-order valence-corrected chi connectivity index (χ2v) is 4.22. The molecule has 1 aromatic carbocycles. The van der Waals surface area contributed by atoms with Crippen LogP contribution in [0.2, 0.25) is 0 Å². The van der Waals surface area contributed by atoms with Crippen LogP contribution in [0.5, 0.6) is 0 Å². The highest BCUT2D eigenvalue weighted by molar-refractivity contribution is 5.94. The Hall–Kier alpha value is -2.59. The van der Waals surface area contributed by atoms with E-state index in [0.29, 0.717) is 11.3 Å². The lowest BCUT2D eigenvalue weighted by atomic mass is 10.2. The molecule has 20 heavy (non-hydrogen) atoms. The van der Waals surface area contributed by atoms with Crippen molar-refractivity contribution >= 4 is 17.7 Å². The number of carbonyl (C=O) groups excluding carboxylic acids is 1. The minimum atomic E-state index is -1.39. The Balaban J connectivity index is 2.80. The summed E-state index contributed by atoms with van der Waals surface area (Å²) in [5.41, 5.74) is 0.950. The second-order valence-electron chi connectivity index (χ2n) is 4.22. The summed E-state index contributed by atoms with van der Waals surface area (Å²) in [6.07, 6.45) is -1.22. The summed E-state index contributed by atoms with van der Waals surface area (Å²) >= 11 is 0. The number of carboxylic acids is 1. The predicted octanol–water partition coefficient (Wildman–Crippen LogP) is 0.538. The number of carbonyl (C=O) groups is 2. The van der Waals surface area contributed by atoms with Crippen molar-refractivity contribution in [3.05, 3.63) is 29.8 Å². The lowest BCUT2D eigenvalue weighted by molar-refractivity contribution is -0.141. The normalized spacial score (nSPS) is 12.9. The average Bonchev–Trinajstić information content (AvgIpc) is 2.43. The fourth-order valence-electron chi connectivity index (χ4n) is 1.50. The minimum absolute atomic E-state index is 0.454. The zero-order valence-electron chi connectivity index (χ0n) is 11.1. The van der Waals surface area contributed by atoms with E-state index >= 15 is 0 Å². The standard InChI is InChI=1S/C13H15N3O4/c1-8(17)11(12(18)19)15-13(20)16(2)10-5-3-9(7-14)4-6-10/h3-6,8,11,17H,1-2H3,(H,15,20)(H,18,19)/t8-,11+/m1/s1. The average molecular weight is 277 g/mol. The maximum Gasteiger partial charge on any atom is 0.328 e. The van der Waals surface area contributed by atoms with E-state index in [9.17, 15) is 14.7 Å². The van der Waals surface area contributed by atoms with Gasteiger partial charge in [0.1, 0.15) is 0 Å². The van der Waals surface area contributed by atoms with Gasteiger partial charge in [-0.1, -0.05) is 0 Å². The summed E-state index contributed by atoms with van der Waals surface area (Å²) in [5.74, 6) is -1.32. The maximum atomic E-state index is 11.9. The Bertz CT molecular complexity index is 534. The summed E-state index contributed by atoms with van der Waals surface area (Å²) < 4.78 is 0. The number of aliphatic hydroxyl groups is 1. The number of amides is 2. The first kappa shape index (κ1) is 15.5. The van der Waals surface area contributed by atoms with E-state index in [-0.39, 0.29) is 0 Å².